The van der Waals surface area contributed by atoms with Gasteiger partial charge in [0.05, 0.1) is 5.52 Å². The van der Waals surface area contributed by atoms with Gasteiger partial charge >= 0.3 is 0 Å². The summed E-state index contributed by atoms with van der Waals surface area (Å²) in [5, 5.41) is 13.5. The number of nitrogens with zero attached hydrogens (tertiary/aromatic N) is 1. The Morgan fingerprint density at radius 3 is 2.71 bits per heavy atom. The van der Waals surface area contributed by atoms with Crippen molar-refractivity contribution in [3.05, 3.63) is 36.4 Å². The van der Waals surface area contributed by atoms with Crippen molar-refractivity contribution < 1.29 is 5.11 Å². The Labute approximate surface area is 102 Å². The van der Waals surface area contributed by atoms with E-state index in [1.165, 1.54) is 0 Å². The first kappa shape index (κ1) is 11.9. The van der Waals surface area contributed by atoms with Crippen molar-refractivity contribution in [2.45, 2.75) is 19.9 Å². The van der Waals surface area contributed by atoms with E-state index in [4.69, 9.17) is 5.11 Å². The molecule has 3 heteroatoms. The largest absolute Gasteiger partial charge is 0.396 e. The molecule has 0 amide bonds. The van der Waals surface area contributed by atoms with Gasteiger partial charge < -0.3 is 10.4 Å². The molecule has 17 heavy (non-hydrogen) atoms. The third-order valence-electron chi connectivity index (χ3n) is 3.12. The van der Waals surface area contributed by atoms with Crippen molar-refractivity contribution in [1.82, 2.24) is 4.98 Å². The number of aliphatic hydroxyl groups excluding tert-OH is 1. The molecule has 1 aromatic carbocycles. The van der Waals surface area contributed by atoms with Crippen molar-refractivity contribution in [3.8, 4) is 0 Å². The van der Waals surface area contributed by atoms with E-state index in [-0.39, 0.29) is 18.6 Å². The Hall–Kier alpha value is -1.61. The highest BCUT2D eigenvalue weighted by molar-refractivity contribution is 5.80. The minimum Gasteiger partial charge on any atom is -0.396 e. The summed E-state index contributed by atoms with van der Waals surface area (Å²) in [6, 6.07) is 12.3. The number of para-hydroxylation sites is 1. The van der Waals surface area contributed by atoms with Crippen molar-refractivity contribution in [1.29, 1.82) is 0 Å². The van der Waals surface area contributed by atoms with Gasteiger partial charge in [-0.15, -0.1) is 0 Å². The van der Waals surface area contributed by atoms with Crippen LogP contribution in [0.4, 0.5) is 5.82 Å². The van der Waals surface area contributed by atoms with Crippen LogP contribution < -0.4 is 5.32 Å². The molecule has 0 aliphatic heterocycles. The highest BCUT2D eigenvalue weighted by Gasteiger charge is 2.11. The van der Waals surface area contributed by atoms with Gasteiger partial charge in [-0.05, 0) is 31.0 Å². The van der Waals surface area contributed by atoms with Crippen LogP contribution >= 0.6 is 0 Å². The molecule has 0 spiro atoms. The molecule has 2 N–H and O–H groups in total. The van der Waals surface area contributed by atoms with E-state index in [1.54, 1.807) is 0 Å². The zero-order valence-corrected chi connectivity index (χ0v) is 10.2. The van der Waals surface area contributed by atoms with E-state index in [9.17, 15) is 0 Å². The lowest BCUT2D eigenvalue weighted by Gasteiger charge is -2.19. The van der Waals surface area contributed by atoms with Crippen LogP contribution in [0.15, 0.2) is 36.4 Å². The SMILES string of the molecule is CC(CO)C(C)Nc1ccc2ccccc2n1. The maximum absolute atomic E-state index is 9.09. The summed E-state index contributed by atoms with van der Waals surface area (Å²) in [4.78, 5) is 4.54. The van der Waals surface area contributed by atoms with Crippen LogP contribution in [-0.2, 0) is 0 Å². The van der Waals surface area contributed by atoms with Crippen LogP contribution in [0.3, 0.4) is 0 Å². The van der Waals surface area contributed by atoms with Crippen LogP contribution in [-0.4, -0.2) is 22.7 Å². The molecule has 90 valence electrons. The zero-order valence-electron chi connectivity index (χ0n) is 10.2. The second kappa shape index (κ2) is 5.15. The predicted octanol–water partition coefficient (Wildman–Crippen LogP) is 2.66. The van der Waals surface area contributed by atoms with E-state index >= 15 is 0 Å². The number of rotatable bonds is 4. The molecule has 0 saturated carbocycles. The zero-order chi connectivity index (χ0) is 12.3. The molecule has 0 saturated heterocycles. The topological polar surface area (TPSA) is 45.1 Å². The fourth-order valence-corrected chi connectivity index (χ4v) is 1.68. The van der Waals surface area contributed by atoms with Gasteiger partial charge in [0.15, 0.2) is 0 Å². The Bertz CT molecular complexity index is 498. The van der Waals surface area contributed by atoms with Gasteiger partial charge in [-0.25, -0.2) is 4.98 Å². The van der Waals surface area contributed by atoms with E-state index in [1.807, 2.05) is 37.3 Å². The van der Waals surface area contributed by atoms with Crippen molar-refractivity contribution in [2.24, 2.45) is 5.92 Å². The van der Waals surface area contributed by atoms with E-state index < -0.39 is 0 Å². The van der Waals surface area contributed by atoms with Gasteiger partial charge in [0.25, 0.3) is 0 Å². The predicted molar refractivity (Wildman–Crippen MR) is 71.1 cm³/mol. The van der Waals surface area contributed by atoms with Gasteiger partial charge in [0.2, 0.25) is 0 Å². The maximum Gasteiger partial charge on any atom is 0.126 e. The van der Waals surface area contributed by atoms with Crippen LogP contribution in [0.2, 0.25) is 0 Å². The molecule has 0 radical (unpaired) electrons. The molecule has 1 heterocycles. The molecular formula is C14H18N2O. The first-order valence-corrected chi connectivity index (χ1v) is 5.94. The second-order valence-corrected chi connectivity index (χ2v) is 4.48. The molecule has 2 atom stereocenters. The minimum atomic E-state index is 0.182. The maximum atomic E-state index is 9.09. The molecule has 0 fully saturated rings. The van der Waals surface area contributed by atoms with Gasteiger partial charge in [0.1, 0.15) is 5.82 Å². The van der Waals surface area contributed by atoms with Gasteiger partial charge in [0, 0.05) is 18.0 Å². The highest BCUT2D eigenvalue weighted by Crippen LogP contribution is 2.16. The Balaban J connectivity index is 2.19. The monoisotopic (exact) mass is 230 g/mol. The first-order chi connectivity index (χ1) is 8.20. The summed E-state index contributed by atoms with van der Waals surface area (Å²) in [6.07, 6.45) is 0. The molecule has 0 bridgehead atoms. The fourth-order valence-electron chi connectivity index (χ4n) is 1.68. The molecular weight excluding hydrogens is 212 g/mol. The van der Waals surface area contributed by atoms with Crippen LogP contribution in [0.1, 0.15) is 13.8 Å². The average molecular weight is 230 g/mol. The summed E-state index contributed by atoms with van der Waals surface area (Å²) >= 11 is 0. The quantitative estimate of drug-likeness (QED) is 0.848. The number of pyridine rings is 1. The summed E-state index contributed by atoms with van der Waals surface area (Å²) in [6.45, 7) is 4.25. The lowest BCUT2D eigenvalue weighted by Crippen LogP contribution is -2.26. The van der Waals surface area contributed by atoms with Gasteiger partial charge in [-0.2, -0.15) is 0 Å². The molecule has 0 aliphatic rings. The number of aliphatic hydroxyl groups is 1. The summed E-state index contributed by atoms with van der Waals surface area (Å²) < 4.78 is 0. The molecule has 1 aromatic heterocycles. The van der Waals surface area contributed by atoms with Crippen molar-refractivity contribution in [3.63, 3.8) is 0 Å². The number of anilines is 1. The van der Waals surface area contributed by atoms with Crippen LogP contribution in [0.5, 0.6) is 0 Å². The molecule has 0 aliphatic carbocycles. The molecule has 2 rings (SSSR count). The Morgan fingerprint density at radius 2 is 1.94 bits per heavy atom. The average Bonchev–Trinajstić information content (AvgIpc) is 2.37. The third kappa shape index (κ3) is 2.74. The summed E-state index contributed by atoms with van der Waals surface area (Å²) in [5.74, 6) is 1.07. The Kier molecular flexibility index (Phi) is 3.59. The smallest absolute Gasteiger partial charge is 0.126 e. The highest BCUT2D eigenvalue weighted by atomic mass is 16.3. The Morgan fingerprint density at radius 1 is 1.18 bits per heavy atom. The van der Waals surface area contributed by atoms with E-state index in [0.29, 0.717) is 0 Å². The minimum absolute atomic E-state index is 0.182. The number of nitrogens with one attached hydrogen (secondary N) is 1. The second-order valence-electron chi connectivity index (χ2n) is 4.48. The third-order valence-corrected chi connectivity index (χ3v) is 3.12. The standard InChI is InChI=1S/C14H18N2O/c1-10(9-17)11(2)15-14-8-7-12-5-3-4-6-13(12)16-14/h3-8,10-11,17H,9H2,1-2H3,(H,15,16). The number of benzene rings is 1. The number of hydrogen-bond donors (Lipinski definition) is 2. The van der Waals surface area contributed by atoms with Crippen LogP contribution in [0, 0.1) is 5.92 Å². The lowest BCUT2D eigenvalue weighted by molar-refractivity contribution is 0.226. The lowest BCUT2D eigenvalue weighted by atomic mass is 10.1. The van der Waals surface area contributed by atoms with Gasteiger partial charge in [-0.1, -0.05) is 25.1 Å². The molecule has 3 nitrogen and oxygen atoms in total. The van der Waals surface area contributed by atoms with Crippen LogP contribution in [0.25, 0.3) is 10.9 Å². The summed E-state index contributed by atoms with van der Waals surface area (Å²) in [7, 11) is 0. The number of fused-ring (bicyclic) bond motifs is 1. The normalized spacial score (nSPS) is 14.5. The van der Waals surface area contributed by atoms with E-state index in [0.717, 1.165) is 16.7 Å². The fraction of sp³-hybridized carbons (Fsp3) is 0.357. The van der Waals surface area contributed by atoms with Gasteiger partial charge in [-0.3, -0.25) is 0 Å². The number of aromatic nitrogens is 1. The van der Waals surface area contributed by atoms with Crippen molar-refractivity contribution in [2.75, 3.05) is 11.9 Å². The van der Waals surface area contributed by atoms with Crippen molar-refractivity contribution >= 4 is 16.7 Å². The summed E-state index contributed by atoms with van der Waals surface area (Å²) in [5.41, 5.74) is 0.987. The number of hydrogen-bond acceptors (Lipinski definition) is 3. The molecule has 2 aromatic rings. The molecule has 2 unspecified atom stereocenters. The van der Waals surface area contributed by atoms with E-state index in [2.05, 4.69) is 23.3 Å². The first-order valence-electron chi connectivity index (χ1n) is 5.94.